The van der Waals surface area contributed by atoms with Crippen LogP contribution in [-0.2, 0) is 0 Å². The fraction of sp³-hybridized carbons (Fsp3) is 0.391. The maximum Gasteiger partial charge on any atom is 0.340 e. The Labute approximate surface area is 193 Å². The first-order chi connectivity index (χ1) is 15.5. The zero-order valence-electron chi connectivity index (χ0n) is 18.5. The molecule has 8 nitrogen and oxygen atoms in total. The third-order valence-electron chi connectivity index (χ3n) is 6.22. The maximum atomic E-state index is 6.28. The molecule has 0 amide bonds. The third kappa shape index (κ3) is 4.61. The normalized spacial score (nSPS) is 16.7. The van der Waals surface area contributed by atoms with Crippen LogP contribution >= 0.6 is 11.6 Å². The molecule has 1 aliphatic rings. The molecule has 0 spiro atoms. The molecule has 3 aromatic rings. The topological polar surface area (TPSA) is 98.8 Å². The van der Waals surface area contributed by atoms with E-state index < -0.39 is 0 Å². The summed E-state index contributed by atoms with van der Waals surface area (Å²) in [5.41, 5.74) is 7.97. The summed E-state index contributed by atoms with van der Waals surface area (Å²) in [6.45, 7) is 0. The van der Waals surface area contributed by atoms with Gasteiger partial charge in [0.1, 0.15) is 17.5 Å². The fourth-order valence-corrected chi connectivity index (χ4v) is 4.69. The van der Waals surface area contributed by atoms with Crippen LogP contribution in [-0.4, -0.2) is 40.1 Å². The summed E-state index contributed by atoms with van der Waals surface area (Å²) in [6, 6.07) is 9.81. The van der Waals surface area contributed by atoms with Crippen molar-refractivity contribution in [1.82, 2.24) is 24.4 Å². The van der Waals surface area contributed by atoms with Crippen LogP contribution in [0.2, 0.25) is 5.02 Å². The Bertz CT molecular complexity index is 1060. The molecule has 0 aliphatic heterocycles. The van der Waals surface area contributed by atoms with Crippen molar-refractivity contribution >= 4 is 40.8 Å². The molecule has 1 unspecified atom stereocenters. The largest absolute Gasteiger partial charge is 0.495 e. The lowest BCUT2D eigenvalue weighted by atomic mass is 10.0. The molecule has 9 heteroatoms. The number of quaternary nitrogens is 1. The number of methoxy groups -OCH3 is 1. The van der Waals surface area contributed by atoms with Crippen LogP contribution in [0.25, 0.3) is 0 Å². The summed E-state index contributed by atoms with van der Waals surface area (Å²) in [6.07, 6.45) is 10.7. The Hall–Kier alpha value is -2.97. The molecular weight excluding hydrogens is 426 g/mol. The highest BCUT2D eigenvalue weighted by atomic mass is 35.5. The van der Waals surface area contributed by atoms with Crippen molar-refractivity contribution < 1.29 is 4.74 Å². The molecule has 0 radical (unpaired) electrons. The molecular formula is C23H29ClN7O+. The lowest BCUT2D eigenvalue weighted by Gasteiger charge is -2.38. The van der Waals surface area contributed by atoms with Crippen LogP contribution in [0.4, 0.5) is 29.2 Å². The highest BCUT2D eigenvalue weighted by molar-refractivity contribution is 6.32. The number of anilines is 3. The van der Waals surface area contributed by atoms with Crippen molar-refractivity contribution in [2.24, 2.45) is 0 Å². The van der Waals surface area contributed by atoms with E-state index >= 15 is 0 Å². The Balaban J connectivity index is 1.75. The molecule has 1 aromatic carbocycles. The van der Waals surface area contributed by atoms with E-state index in [9.17, 15) is 0 Å². The summed E-state index contributed by atoms with van der Waals surface area (Å²) in [5, 5.41) is 3.71. The summed E-state index contributed by atoms with van der Waals surface area (Å²) in [7, 11) is 3.74. The smallest absolute Gasteiger partial charge is 0.340 e. The van der Waals surface area contributed by atoms with E-state index in [1.165, 1.54) is 25.7 Å². The Kier molecular flexibility index (Phi) is 6.72. The molecule has 2 heterocycles. The van der Waals surface area contributed by atoms with Crippen molar-refractivity contribution in [2.45, 2.75) is 44.6 Å². The number of rotatable bonds is 6. The van der Waals surface area contributed by atoms with Gasteiger partial charge in [-0.05, 0) is 31.0 Å². The fourth-order valence-electron chi connectivity index (χ4n) is 4.44. The van der Waals surface area contributed by atoms with Crippen LogP contribution in [0.3, 0.4) is 0 Å². The van der Waals surface area contributed by atoms with Crippen LogP contribution in [0.1, 0.15) is 38.5 Å². The SMILES string of the molecule is COc1ccc(Nc2nc(N)nc([N+](C)(c3ccncc3)C3CCCCCC3)n2)cc1Cl. The van der Waals surface area contributed by atoms with E-state index in [1.807, 2.05) is 30.6 Å². The average Bonchev–Trinajstić information content (AvgIpc) is 3.09. The number of nitrogens with one attached hydrogen (secondary N) is 1. The predicted molar refractivity (Wildman–Crippen MR) is 129 cm³/mol. The summed E-state index contributed by atoms with van der Waals surface area (Å²) in [4.78, 5) is 17.9. The van der Waals surface area contributed by atoms with Crippen molar-refractivity contribution in [1.29, 1.82) is 0 Å². The standard InChI is InChI=1S/C23H29ClN7O/c1-31(18-11-13-26-14-12-18,17-7-5-3-4-6-8-17)23-29-21(25)28-22(30-23)27-16-9-10-20(32-2)19(24)15-16/h9-15,17H,3-8H2,1-2H3,(H3,25,27,28,29,30)/q+1. The van der Waals surface area contributed by atoms with Crippen molar-refractivity contribution in [3.63, 3.8) is 0 Å². The van der Waals surface area contributed by atoms with Crippen LogP contribution in [0.15, 0.2) is 42.7 Å². The number of benzene rings is 1. The first-order valence-corrected chi connectivity index (χ1v) is 11.3. The zero-order valence-corrected chi connectivity index (χ0v) is 19.2. The number of hydrogen-bond acceptors (Lipinski definition) is 7. The number of nitrogens with two attached hydrogens (primary N) is 1. The van der Waals surface area contributed by atoms with Gasteiger partial charge in [-0.3, -0.25) is 4.98 Å². The molecule has 1 fully saturated rings. The molecule has 0 saturated heterocycles. The van der Waals surface area contributed by atoms with Crippen molar-refractivity contribution in [3.05, 3.63) is 47.7 Å². The Morgan fingerprint density at radius 1 is 1.03 bits per heavy atom. The maximum absolute atomic E-state index is 6.28. The van der Waals surface area contributed by atoms with E-state index in [0.717, 1.165) is 24.2 Å². The number of pyridine rings is 1. The molecule has 3 N–H and O–H groups in total. The highest BCUT2D eigenvalue weighted by Gasteiger charge is 2.41. The van der Waals surface area contributed by atoms with Crippen molar-refractivity contribution in [2.75, 3.05) is 25.2 Å². The second-order valence-electron chi connectivity index (χ2n) is 8.22. The molecule has 0 bridgehead atoms. The lowest BCUT2D eigenvalue weighted by Crippen LogP contribution is -2.50. The minimum Gasteiger partial charge on any atom is -0.495 e. The molecule has 1 aliphatic carbocycles. The molecule has 2 aromatic heterocycles. The van der Waals surface area contributed by atoms with Gasteiger partial charge < -0.3 is 15.8 Å². The first-order valence-electron chi connectivity index (χ1n) is 10.9. The van der Waals surface area contributed by atoms with Gasteiger partial charge in [-0.1, -0.05) is 24.4 Å². The second-order valence-corrected chi connectivity index (χ2v) is 8.62. The lowest BCUT2D eigenvalue weighted by molar-refractivity contribution is 0.292. The van der Waals surface area contributed by atoms with E-state index in [0.29, 0.717) is 33.2 Å². The number of nitrogens with zero attached hydrogens (tertiary/aromatic N) is 5. The van der Waals surface area contributed by atoms with E-state index in [1.54, 1.807) is 19.2 Å². The minimum atomic E-state index is 0.170. The van der Waals surface area contributed by atoms with Gasteiger partial charge in [-0.25, -0.2) is 4.48 Å². The average molecular weight is 455 g/mol. The second kappa shape index (κ2) is 9.67. The van der Waals surface area contributed by atoms with Crippen LogP contribution in [0, 0.1) is 0 Å². The molecule has 1 saturated carbocycles. The summed E-state index contributed by atoms with van der Waals surface area (Å²) < 4.78 is 5.68. The van der Waals surface area contributed by atoms with Gasteiger partial charge in [-0.2, -0.15) is 4.98 Å². The zero-order chi connectivity index (χ0) is 22.6. The molecule has 1 atom stereocenters. The van der Waals surface area contributed by atoms with Gasteiger partial charge >= 0.3 is 5.95 Å². The van der Waals surface area contributed by atoms with E-state index in [2.05, 4.69) is 27.3 Å². The first kappa shape index (κ1) is 22.2. The van der Waals surface area contributed by atoms with Gasteiger partial charge in [0.15, 0.2) is 0 Å². The molecule has 4 rings (SSSR count). The molecule has 168 valence electrons. The van der Waals surface area contributed by atoms with Gasteiger partial charge in [0, 0.05) is 43.1 Å². The Morgan fingerprint density at radius 2 is 1.75 bits per heavy atom. The van der Waals surface area contributed by atoms with Gasteiger partial charge in [0.05, 0.1) is 19.2 Å². The van der Waals surface area contributed by atoms with Gasteiger partial charge in [0.2, 0.25) is 11.9 Å². The van der Waals surface area contributed by atoms with Crippen LogP contribution in [0.5, 0.6) is 5.75 Å². The van der Waals surface area contributed by atoms with E-state index in [4.69, 9.17) is 27.1 Å². The number of halogens is 1. The van der Waals surface area contributed by atoms with Crippen LogP contribution < -0.4 is 20.3 Å². The number of aromatic nitrogens is 4. The number of ether oxygens (including phenoxy) is 1. The third-order valence-corrected chi connectivity index (χ3v) is 6.51. The monoisotopic (exact) mass is 454 g/mol. The Morgan fingerprint density at radius 3 is 2.41 bits per heavy atom. The van der Waals surface area contributed by atoms with Gasteiger partial charge in [0.25, 0.3) is 0 Å². The summed E-state index contributed by atoms with van der Waals surface area (Å²) >= 11 is 6.28. The molecule has 32 heavy (non-hydrogen) atoms. The highest BCUT2D eigenvalue weighted by Crippen LogP contribution is 2.38. The van der Waals surface area contributed by atoms with Gasteiger partial charge in [-0.15, -0.1) is 9.97 Å². The minimum absolute atomic E-state index is 0.170. The number of hydrogen-bond donors (Lipinski definition) is 2. The predicted octanol–water partition coefficient (Wildman–Crippen LogP) is 5.25. The summed E-state index contributed by atoms with van der Waals surface area (Å²) in [5.74, 6) is 1.76. The van der Waals surface area contributed by atoms with E-state index in [-0.39, 0.29) is 5.95 Å². The quantitative estimate of drug-likeness (QED) is 0.387. The number of nitrogen functional groups attached to an aromatic ring is 1. The van der Waals surface area contributed by atoms with Crippen molar-refractivity contribution in [3.8, 4) is 5.75 Å².